The number of rotatable bonds is 3. The highest BCUT2D eigenvalue weighted by molar-refractivity contribution is 7.86. The lowest BCUT2D eigenvalue weighted by Crippen LogP contribution is -2.39. The maximum Gasteiger partial charge on any atom is 0.301 e. The van der Waals surface area contributed by atoms with Gasteiger partial charge in [0.2, 0.25) is 0 Å². The van der Waals surface area contributed by atoms with Crippen molar-refractivity contribution in [2.24, 2.45) is 31.6 Å². The summed E-state index contributed by atoms with van der Waals surface area (Å²) < 4.78 is 33.6. The van der Waals surface area contributed by atoms with Gasteiger partial charge in [-0.1, -0.05) is 48.6 Å². The van der Waals surface area contributed by atoms with E-state index >= 15 is 0 Å². The molecular formula is C26H25N5O4S. The predicted molar refractivity (Wildman–Crippen MR) is 143 cm³/mol. The maximum absolute atomic E-state index is 11.9. The molecule has 2 aliphatic carbocycles. The number of carbonyl (C=O) groups is 1. The zero-order valence-corrected chi connectivity index (χ0v) is 20.4. The van der Waals surface area contributed by atoms with Crippen LogP contribution in [0.3, 0.4) is 0 Å². The van der Waals surface area contributed by atoms with Gasteiger partial charge in [0.25, 0.3) is 10.1 Å². The highest BCUT2D eigenvalue weighted by Gasteiger charge is 2.34. The molecule has 3 unspecified atom stereocenters. The van der Waals surface area contributed by atoms with E-state index in [2.05, 4.69) is 56.4 Å². The van der Waals surface area contributed by atoms with Crippen molar-refractivity contribution in [3.8, 4) is 0 Å². The van der Waals surface area contributed by atoms with E-state index in [0.717, 1.165) is 22.6 Å². The van der Waals surface area contributed by atoms with E-state index < -0.39 is 15.4 Å². The average Bonchev–Trinajstić information content (AvgIpc) is 3.33. The van der Waals surface area contributed by atoms with Crippen LogP contribution >= 0.6 is 0 Å². The van der Waals surface area contributed by atoms with Crippen LogP contribution < -0.4 is 16.2 Å². The molecule has 0 radical (unpaired) electrons. The Balaban J connectivity index is 0.000000222. The minimum atomic E-state index is -4.13. The molecule has 36 heavy (non-hydrogen) atoms. The molecule has 0 saturated carbocycles. The Morgan fingerprint density at radius 3 is 2.50 bits per heavy atom. The second-order valence-electron chi connectivity index (χ2n) is 9.20. The number of hydrogen-bond acceptors (Lipinski definition) is 7. The Hall–Kier alpha value is -3.60. The fourth-order valence-corrected chi connectivity index (χ4v) is 6.04. The quantitative estimate of drug-likeness (QED) is 0.603. The molecule has 2 aromatic rings. The van der Waals surface area contributed by atoms with Crippen LogP contribution in [0, 0.1) is 5.92 Å². The van der Waals surface area contributed by atoms with Gasteiger partial charge in [0.1, 0.15) is 12.7 Å². The first-order chi connectivity index (χ1) is 17.2. The highest BCUT2D eigenvalue weighted by atomic mass is 32.2. The average molecular weight is 504 g/mol. The second-order valence-corrected chi connectivity index (χ2v) is 10.8. The zero-order valence-electron chi connectivity index (χ0n) is 19.6. The van der Waals surface area contributed by atoms with Crippen LogP contribution in [0.1, 0.15) is 24.5 Å². The molecule has 0 saturated heterocycles. The Bertz CT molecular complexity index is 1640. The minimum absolute atomic E-state index is 0.136. The Morgan fingerprint density at radius 2 is 1.78 bits per heavy atom. The van der Waals surface area contributed by atoms with Crippen LogP contribution in [0.5, 0.6) is 0 Å². The maximum atomic E-state index is 11.9. The van der Waals surface area contributed by atoms with Crippen molar-refractivity contribution in [2.75, 3.05) is 0 Å². The van der Waals surface area contributed by atoms with Gasteiger partial charge in [-0.05, 0) is 64.4 Å². The first-order valence-electron chi connectivity index (χ1n) is 11.6. The normalized spacial score (nSPS) is 22.2. The molecule has 0 bridgehead atoms. The van der Waals surface area contributed by atoms with Crippen molar-refractivity contribution in [1.29, 1.82) is 0 Å². The number of fused-ring (bicyclic) bond motifs is 6. The monoisotopic (exact) mass is 503 g/mol. The second kappa shape index (κ2) is 9.45. The van der Waals surface area contributed by atoms with Gasteiger partial charge in [0.05, 0.1) is 5.25 Å². The van der Waals surface area contributed by atoms with Gasteiger partial charge in [-0.25, -0.2) is 15.0 Å². The van der Waals surface area contributed by atoms with Crippen LogP contribution in [-0.2, 0) is 27.8 Å². The van der Waals surface area contributed by atoms with Gasteiger partial charge in [-0.2, -0.15) is 13.4 Å². The summed E-state index contributed by atoms with van der Waals surface area (Å²) in [7, 11) is -4.13. The van der Waals surface area contributed by atoms with Crippen LogP contribution in [-0.4, -0.2) is 54.4 Å². The number of aliphatic imine (C=N–C) groups is 4. The summed E-state index contributed by atoms with van der Waals surface area (Å²) in [5.74, 6) is -0.300. The predicted octanol–water partition coefficient (Wildman–Crippen LogP) is 1.12. The molecule has 10 heteroatoms. The largest absolute Gasteiger partial charge is 0.328 e. The number of nitrogens with zero attached hydrogens (tertiary/aromatic N) is 4. The summed E-state index contributed by atoms with van der Waals surface area (Å²) in [6, 6.07) is 8.22. The number of hydrogen-bond donors (Lipinski definition) is 2. The van der Waals surface area contributed by atoms with E-state index in [0.29, 0.717) is 18.7 Å². The van der Waals surface area contributed by atoms with Gasteiger partial charge >= 0.3 is 5.91 Å². The smallest absolute Gasteiger partial charge is 0.301 e. The molecule has 0 fully saturated rings. The standard InChI is InChI=1S/C21H23NO3S.C5H2N4O/c1-13(22)10-16-11-20-15(12-21(16)26(23,24)25)7-9-18-17-5-3-2-4-14(17)6-8-19(18)20;10-5-3-4(7-1-6-3)8-2-9-5/h2-3,5-9,11,13,16,21H,4,10,12,22H2,1H3,(H,23,24,25);1-2H. The Kier molecular flexibility index (Phi) is 6.33. The van der Waals surface area contributed by atoms with E-state index in [4.69, 9.17) is 5.73 Å². The lowest BCUT2D eigenvalue weighted by Gasteiger charge is -2.28. The number of amidine groups is 1. The molecule has 9 nitrogen and oxygen atoms in total. The number of nitrogens with two attached hydrogens (primary N) is 1. The minimum Gasteiger partial charge on any atom is -0.328 e. The van der Waals surface area contributed by atoms with E-state index in [9.17, 15) is 17.8 Å². The summed E-state index contributed by atoms with van der Waals surface area (Å²) in [5, 5.41) is 3.81. The van der Waals surface area contributed by atoms with Crippen molar-refractivity contribution in [3.05, 3.63) is 58.0 Å². The third-order valence-corrected chi connectivity index (χ3v) is 7.93. The van der Waals surface area contributed by atoms with Crippen molar-refractivity contribution in [3.63, 3.8) is 0 Å². The number of amides is 1. The SMILES string of the molecule is CC(N)CC1C=c2c(ccc3c4c(ccc23)CC=CC=4)CC1S(=O)(=O)O.O=C1N=CN=C2N=CN=C12. The van der Waals surface area contributed by atoms with Gasteiger partial charge in [0, 0.05) is 6.04 Å². The number of allylic oxidation sites excluding steroid dienone is 2. The Labute approximate surface area is 208 Å². The van der Waals surface area contributed by atoms with Crippen molar-refractivity contribution in [1.82, 2.24) is 0 Å². The molecule has 3 N–H and O–H groups in total. The summed E-state index contributed by atoms with van der Waals surface area (Å²) >= 11 is 0. The molecular weight excluding hydrogens is 478 g/mol. The molecule has 3 atom stereocenters. The molecule has 1 amide bonds. The number of carbonyl (C=O) groups excluding carboxylic acids is 1. The van der Waals surface area contributed by atoms with Crippen LogP contribution in [0.15, 0.2) is 56.4 Å². The van der Waals surface area contributed by atoms with Gasteiger partial charge < -0.3 is 5.73 Å². The fraction of sp³-hybridized carbons (Fsp3) is 0.269. The van der Waals surface area contributed by atoms with Crippen LogP contribution in [0.4, 0.5) is 0 Å². The van der Waals surface area contributed by atoms with Crippen LogP contribution in [0.2, 0.25) is 0 Å². The van der Waals surface area contributed by atoms with Gasteiger partial charge in [0.15, 0.2) is 11.5 Å². The first kappa shape index (κ1) is 24.1. The van der Waals surface area contributed by atoms with E-state index in [1.165, 1.54) is 28.8 Å². The molecule has 6 rings (SSSR count). The third-order valence-electron chi connectivity index (χ3n) is 6.64. The van der Waals surface area contributed by atoms with E-state index in [1.807, 2.05) is 19.1 Å². The summed E-state index contributed by atoms with van der Waals surface area (Å²) in [5.41, 5.74) is 8.45. The topological polar surface area (TPSA) is 147 Å². The molecule has 0 aromatic heterocycles. The summed E-state index contributed by atoms with van der Waals surface area (Å²) in [6.07, 6.45) is 12.6. The van der Waals surface area contributed by atoms with Crippen molar-refractivity contribution >= 4 is 63.2 Å². The molecule has 2 aliphatic heterocycles. The van der Waals surface area contributed by atoms with Gasteiger partial charge in [-0.3, -0.25) is 9.35 Å². The van der Waals surface area contributed by atoms with E-state index in [-0.39, 0.29) is 23.6 Å². The van der Waals surface area contributed by atoms with Crippen LogP contribution in [0.25, 0.3) is 22.9 Å². The highest BCUT2D eigenvalue weighted by Crippen LogP contribution is 2.27. The summed E-state index contributed by atoms with van der Waals surface area (Å²) in [4.78, 5) is 25.3. The lowest BCUT2D eigenvalue weighted by atomic mass is 9.84. The first-order valence-corrected chi connectivity index (χ1v) is 13.1. The van der Waals surface area contributed by atoms with Crippen molar-refractivity contribution in [2.45, 2.75) is 37.5 Å². The molecule has 2 heterocycles. The van der Waals surface area contributed by atoms with Crippen molar-refractivity contribution < 1.29 is 17.8 Å². The lowest BCUT2D eigenvalue weighted by molar-refractivity contribution is -0.111. The van der Waals surface area contributed by atoms with Gasteiger partial charge in [-0.15, -0.1) is 0 Å². The number of benzene rings is 2. The summed E-state index contributed by atoms with van der Waals surface area (Å²) in [6.45, 7) is 1.87. The molecule has 0 spiro atoms. The molecule has 2 aromatic carbocycles. The third kappa shape index (κ3) is 4.62. The zero-order chi connectivity index (χ0) is 25.4. The fourth-order valence-electron chi connectivity index (χ4n) is 5.02. The Morgan fingerprint density at radius 1 is 1.06 bits per heavy atom. The molecule has 4 aliphatic rings. The molecule has 184 valence electrons. The van der Waals surface area contributed by atoms with E-state index in [1.54, 1.807) is 0 Å².